The number of halogens is 1. The standard InChI is InChI=1S/C20H20FN3O3S/c1-4-27-18(25)10-15-11-28-20(22-15)23-19(26)17-9-12(2)24(13(17)3)16-7-5-14(21)6-8-16/h5-9,11H,4,10H2,1-3H3,(H,22,23,26). The van der Waals surface area contributed by atoms with E-state index in [0.717, 1.165) is 17.1 Å². The zero-order valence-electron chi connectivity index (χ0n) is 15.8. The molecule has 1 amide bonds. The number of esters is 1. The molecule has 146 valence electrons. The minimum absolute atomic E-state index is 0.0687. The van der Waals surface area contributed by atoms with Gasteiger partial charge in [0.05, 0.1) is 24.3 Å². The van der Waals surface area contributed by atoms with E-state index < -0.39 is 0 Å². The highest BCUT2D eigenvalue weighted by molar-refractivity contribution is 7.14. The molecule has 2 aromatic heterocycles. The Bertz CT molecular complexity index is 1010. The minimum Gasteiger partial charge on any atom is -0.466 e. The van der Waals surface area contributed by atoms with Gasteiger partial charge in [-0.3, -0.25) is 14.9 Å². The molecular weight excluding hydrogens is 381 g/mol. The molecule has 0 aliphatic heterocycles. The fourth-order valence-electron chi connectivity index (χ4n) is 2.95. The quantitative estimate of drug-likeness (QED) is 0.633. The number of hydrogen-bond acceptors (Lipinski definition) is 5. The molecule has 3 rings (SSSR count). The summed E-state index contributed by atoms with van der Waals surface area (Å²) in [6.07, 6.45) is 0.0687. The Morgan fingerprint density at radius 3 is 2.64 bits per heavy atom. The first-order valence-corrected chi connectivity index (χ1v) is 9.63. The van der Waals surface area contributed by atoms with Crippen LogP contribution in [0.1, 0.15) is 34.4 Å². The summed E-state index contributed by atoms with van der Waals surface area (Å²) in [7, 11) is 0. The number of anilines is 1. The smallest absolute Gasteiger partial charge is 0.311 e. The third-order valence-corrected chi connectivity index (χ3v) is 4.97. The highest BCUT2D eigenvalue weighted by Crippen LogP contribution is 2.23. The summed E-state index contributed by atoms with van der Waals surface area (Å²) in [5, 5.41) is 4.90. The van der Waals surface area contributed by atoms with E-state index in [9.17, 15) is 14.0 Å². The summed E-state index contributed by atoms with van der Waals surface area (Å²) in [5.74, 6) is -0.960. The van der Waals surface area contributed by atoms with Crippen LogP contribution in [-0.4, -0.2) is 28.0 Å². The van der Waals surface area contributed by atoms with E-state index in [0.29, 0.717) is 23.0 Å². The Hall–Kier alpha value is -3.00. The van der Waals surface area contributed by atoms with Crippen LogP contribution in [0, 0.1) is 19.7 Å². The van der Waals surface area contributed by atoms with Gasteiger partial charge in [0.1, 0.15) is 5.82 Å². The maximum Gasteiger partial charge on any atom is 0.311 e. The first-order chi connectivity index (χ1) is 13.4. The fraction of sp³-hybridized carbons (Fsp3) is 0.250. The maximum absolute atomic E-state index is 13.2. The monoisotopic (exact) mass is 401 g/mol. The molecule has 3 aromatic rings. The summed E-state index contributed by atoms with van der Waals surface area (Å²) in [5.41, 5.74) is 3.43. The number of aromatic nitrogens is 2. The van der Waals surface area contributed by atoms with Crippen molar-refractivity contribution in [1.82, 2.24) is 9.55 Å². The molecule has 8 heteroatoms. The number of carbonyl (C=O) groups excluding carboxylic acids is 2. The number of hydrogen-bond donors (Lipinski definition) is 1. The molecule has 0 fully saturated rings. The summed E-state index contributed by atoms with van der Waals surface area (Å²) in [6.45, 7) is 5.77. The topological polar surface area (TPSA) is 73.2 Å². The number of carbonyl (C=O) groups is 2. The molecule has 0 spiro atoms. The molecular formula is C20H20FN3O3S. The zero-order chi connectivity index (χ0) is 20.3. The normalized spacial score (nSPS) is 10.7. The van der Waals surface area contributed by atoms with E-state index in [-0.39, 0.29) is 24.1 Å². The molecule has 0 aliphatic rings. The number of benzene rings is 1. The van der Waals surface area contributed by atoms with Crippen molar-refractivity contribution in [1.29, 1.82) is 0 Å². The fourth-order valence-corrected chi connectivity index (χ4v) is 3.66. The van der Waals surface area contributed by atoms with Gasteiger partial charge in [0.2, 0.25) is 0 Å². The van der Waals surface area contributed by atoms with E-state index >= 15 is 0 Å². The van der Waals surface area contributed by atoms with Gasteiger partial charge in [-0.25, -0.2) is 9.37 Å². The summed E-state index contributed by atoms with van der Waals surface area (Å²) < 4.78 is 20.0. The first-order valence-electron chi connectivity index (χ1n) is 8.75. The van der Waals surface area contributed by atoms with Crippen LogP contribution in [-0.2, 0) is 16.0 Å². The van der Waals surface area contributed by atoms with Gasteiger partial charge in [-0.1, -0.05) is 0 Å². The molecule has 0 radical (unpaired) electrons. The summed E-state index contributed by atoms with van der Waals surface area (Å²) in [6, 6.07) is 7.88. The molecule has 0 bridgehead atoms. The highest BCUT2D eigenvalue weighted by Gasteiger charge is 2.18. The van der Waals surface area contributed by atoms with Gasteiger partial charge < -0.3 is 9.30 Å². The number of nitrogens with zero attached hydrogens (tertiary/aromatic N) is 2. The first kappa shape index (κ1) is 19.8. The molecule has 1 N–H and O–H groups in total. The molecule has 1 aromatic carbocycles. The van der Waals surface area contributed by atoms with Crippen molar-refractivity contribution >= 4 is 28.3 Å². The Morgan fingerprint density at radius 2 is 1.96 bits per heavy atom. The minimum atomic E-state index is -0.353. The summed E-state index contributed by atoms with van der Waals surface area (Å²) >= 11 is 1.25. The molecule has 0 unspecified atom stereocenters. The Labute approximate surface area is 166 Å². The van der Waals surface area contributed by atoms with Crippen LogP contribution in [0.5, 0.6) is 0 Å². The van der Waals surface area contributed by atoms with E-state index in [1.54, 1.807) is 30.5 Å². The lowest BCUT2D eigenvalue weighted by Crippen LogP contribution is -2.13. The van der Waals surface area contributed by atoms with Crippen LogP contribution in [0.2, 0.25) is 0 Å². The van der Waals surface area contributed by atoms with E-state index in [1.165, 1.54) is 23.5 Å². The van der Waals surface area contributed by atoms with Gasteiger partial charge in [0.15, 0.2) is 5.13 Å². The third-order valence-electron chi connectivity index (χ3n) is 4.16. The van der Waals surface area contributed by atoms with Crippen molar-refractivity contribution in [2.45, 2.75) is 27.2 Å². The van der Waals surface area contributed by atoms with Crippen molar-refractivity contribution in [2.75, 3.05) is 11.9 Å². The Balaban J connectivity index is 1.77. The lowest BCUT2D eigenvalue weighted by Gasteiger charge is -2.09. The van der Waals surface area contributed by atoms with Crippen molar-refractivity contribution in [3.8, 4) is 5.69 Å². The van der Waals surface area contributed by atoms with Crippen LogP contribution in [0.4, 0.5) is 9.52 Å². The molecule has 0 atom stereocenters. The number of nitrogens with one attached hydrogen (secondary N) is 1. The van der Waals surface area contributed by atoms with Gasteiger partial charge in [-0.2, -0.15) is 0 Å². The van der Waals surface area contributed by atoms with Gasteiger partial charge in [0.25, 0.3) is 5.91 Å². The maximum atomic E-state index is 13.2. The summed E-state index contributed by atoms with van der Waals surface area (Å²) in [4.78, 5) is 28.5. The van der Waals surface area contributed by atoms with Crippen molar-refractivity contribution < 1.29 is 18.7 Å². The Kier molecular flexibility index (Phi) is 5.89. The highest BCUT2D eigenvalue weighted by atomic mass is 32.1. The van der Waals surface area contributed by atoms with Crippen molar-refractivity contribution in [3.05, 3.63) is 64.2 Å². The van der Waals surface area contributed by atoms with E-state index in [1.807, 2.05) is 18.4 Å². The van der Waals surface area contributed by atoms with Crippen LogP contribution in [0.3, 0.4) is 0 Å². The molecule has 6 nitrogen and oxygen atoms in total. The van der Waals surface area contributed by atoms with Crippen LogP contribution >= 0.6 is 11.3 Å². The van der Waals surface area contributed by atoms with Gasteiger partial charge in [0, 0.05) is 22.5 Å². The third kappa shape index (κ3) is 4.28. The van der Waals surface area contributed by atoms with E-state index in [2.05, 4.69) is 10.3 Å². The predicted octanol–water partition coefficient (Wildman–Crippen LogP) is 4.05. The van der Waals surface area contributed by atoms with Crippen LogP contribution in [0.15, 0.2) is 35.7 Å². The lowest BCUT2D eigenvalue weighted by molar-refractivity contribution is -0.142. The number of aryl methyl sites for hydroxylation is 1. The molecule has 28 heavy (non-hydrogen) atoms. The Morgan fingerprint density at radius 1 is 1.25 bits per heavy atom. The van der Waals surface area contributed by atoms with Crippen molar-refractivity contribution in [2.24, 2.45) is 0 Å². The zero-order valence-corrected chi connectivity index (χ0v) is 16.6. The molecule has 2 heterocycles. The number of rotatable bonds is 6. The van der Waals surface area contributed by atoms with Crippen LogP contribution in [0.25, 0.3) is 5.69 Å². The van der Waals surface area contributed by atoms with Crippen molar-refractivity contribution in [3.63, 3.8) is 0 Å². The second kappa shape index (κ2) is 8.35. The number of amides is 1. The SMILES string of the molecule is CCOC(=O)Cc1csc(NC(=O)c2cc(C)n(-c3ccc(F)cc3)c2C)n1. The van der Waals surface area contributed by atoms with Crippen LogP contribution < -0.4 is 5.32 Å². The molecule has 0 saturated heterocycles. The second-order valence-electron chi connectivity index (χ2n) is 6.18. The largest absolute Gasteiger partial charge is 0.466 e. The molecule has 0 saturated carbocycles. The van der Waals surface area contributed by atoms with Gasteiger partial charge >= 0.3 is 5.97 Å². The number of ether oxygens (including phenoxy) is 1. The molecule has 0 aliphatic carbocycles. The van der Waals surface area contributed by atoms with Gasteiger partial charge in [-0.15, -0.1) is 11.3 Å². The average Bonchev–Trinajstić information content (AvgIpc) is 3.20. The van der Waals surface area contributed by atoms with E-state index in [4.69, 9.17) is 4.74 Å². The predicted molar refractivity (Wildman–Crippen MR) is 106 cm³/mol. The number of thiazole rings is 1. The average molecular weight is 401 g/mol. The van der Waals surface area contributed by atoms with Gasteiger partial charge in [-0.05, 0) is 51.1 Å². The second-order valence-corrected chi connectivity index (χ2v) is 7.03. The lowest BCUT2D eigenvalue weighted by atomic mass is 10.2.